The SMILES string of the molecule is Cc1cc(N(C)CCCN(C)C)nc(NN)n1. The van der Waals surface area contributed by atoms with Crippen LogP contribution in [-0.4, -0.2) is 49.1 Å². The van der Waals surface area contributed by atoms with Gasteiger partial charge in [-0.15, -0.1) is 0 Å². The number of nitrogens with zero attached hydrogens (tertiary/aromatic N) is 4. The molecule has 3 N–H and O–H groups in total. The minimum absolute atomic E-state index is 0.458. The number of nitrogen functional groups attached to an aromatic ring is 1. The van der Waals surface area contributed by atoms with Crippen LogP contribution in [0.4, 0.5) is 11.8 Å². The molecular formula is C11H22N6. The molecule has 1 aromatic heterocycles. The van der Waals surface area contributed by atoms with E-state index in [0.717, 1.165) is 31.0 Å². The lowest BCUT2D eigenvalue weighted by atomic mass is 10.3. The summed E-state index contributed by atoms with van der Waals surface area (Å²) in [6, 6.07) is 1.95. The van der Waals surface area contributed by atoms with Gasteiger partial charge in [-0.25, -0.2) is 10.8 Å². The summed E-state index contributed by atoms with van der Waals surface area (Å²) in [7, 11) is 6.17. The fraction of sp³-hybridized carbons (Fsp3) is 0.636. The van der Waals surface area contributed by atoms with Crippen LogP contribution in [0.15, 0.2) is 6.07 Å². The Balaban J connectivity index is 2.61. The summed E-state index contributed by atoms with van der Waals surface area (Å²) in [5.41, 5.74) is 3.39. The highest BCUT2D eigenvalue weighted by Crippen LogP contribution is 2.13. The van der Waals surface area contributed by atoms with Crippen molar-refractivity contribution in [3.63, 3.8) is 0 Å². The fourth-order valence-corrected chi connectivity index (χ4v) is 1.55. The zero-order chi connectivity index (χ0) is 12.8. The molecule has 6 nitrogen and oxygen atoms in total. The predicted octanol–water partition coefficient (Wildman–Crippen LogP) is 0.459. The van der Waals surface area contributed by atoms with Crippen LogP contribution < -0.4 is 16.2 Å². The second-order valence-electron chi connectivity index (χ2n) is 4.41. The minimum atomic E-state index is 0.458. The van der Waals surface area contributed by atoms with Crippen molar-refractivity contribution in [3.8, 4) is 0 Å². The first kappa shape index (κ1) is 13.7. The normalized spacial score (nSPS) is 10.7. The summed E-state index contributed by atoms with van der Waals surface area (Å²) in [6.45, 7) is 3.95. The number of rotatable bonds is 6. The Labute approximate surface area is 103 Å². The lowest BCUT2D eigenvalue weighted by Crippen LogP contribution is -2.24. The average molecular weight is 238 g/mol. The van der Waals surface area contributed by atoms with E-state index < -0.39 is 0 Å². The van der Waals surface area contributed by atoms with Crippen LogP contribution in [0.1, 0.15) is 12.1 Å². The highest BCUT2D eigenvalue weighted by Gasteiger charge is 2.06. The van der Waals surface area contributed by atoms with Gasteiger partial charge in [-0.2, -0.15) is 4.98 Å². The van der Waals surface area contributed by atoms with E-state index in [1.807, 2.05) is 20.0 Å². The van der Waals surface area contributed by atoms with Crippen molar-refractivity contribution >= 4 is 11.8 Å². The van der Waals surface area contributed by atoms with Crippen molar-refractivity contribution in [1.82, 2.24) is 14.9 Å². The van der Waals surface area contributed by atoms with Gasteiger partial charge in [0, 0.05) is 25.4 Å². The third kappa shape index (κ3) is 4.54. The summed E-state index contributed by atoms with van der Waals surface area (Å²) in [6.07, 6.45) is 1.10. The van der Waals surface area contributed by atoms with E-state index in [2.05, 4.69) is 39.3 Å². The van der Waals surface area contributed by atoms with Crippen LogP contribution in [0, 0.1) is 6.92 Å². The molecule has 0 saturated carbocycles. The van der Waals surface area contributed by atoms with Gasteiger partial charge < -0.3 is 9.80 Å². The molecule has 0 aromatic carbocycles. The molecule has 0 radical (unpaired) electrons. The Kier molecular flexibility index (Phi) is 5.11. The standard InChI is InChI=1S/C11H22N6/c1-9-8-10(14-11(13-9)15-12)17(4)7-5-6-16(2)3/h8H,5-7,12H2,1-4H3,(H,13,14,15). The van der Waals surface area contributed by atoms with Crippen LogP contribution in [0.25, 0.3) is 0 Å². The Hall–Kier alpha value is -1.40. The first-order valence-electron chi connectivity index (χ1n) is 5.71. The second-order valence-corrected chi connectivity index (χ2v) is 4.41. The van der Waals surface area contributed by atoms with Gasteiger partial charge in [0.1, 0.15) is 5.82 Å². The van der Waals surface area contributed by atoms with Crippen LogP contribution in [0.2, 0.25) is 0 Å². The summed E-state index contributed by atoms with van der Waals surface area (Å²) < 4.78 is 0. The average Bonchev–Trinajstić information content (AvgIpc) is 2.27. The summed E-state index contributed by atoms with van der Waals surface area (Å²) >= 11 is 0. The zero-order valence-electron chi connectivity index (χ0n) is 11.1. The molecule has 17 heavy (non-hydrogen) atoms. The van der Waals surface area contributed by atoms with Crippen LogP contribution in [0.5, 0.6) is 0 Å². The lowest BCUT2D eigenvalue weighted by molar-refractivity contribution is 0.401. The summed E-state index contributed by atoms with van der Waals surface area (Å²) in [5.74, 6) is 6.68. The first-order valence-corrected chi connectivity index (χ1v) is 5.71. The monoisotopic (exact) mass is 238 g/mol. The molecule has 6 heteroatoms. The maximum Gasteiger partial charge on any atom is 0.239 e. The molecule has 96 valence electrons. The highest BCUT2D eigenvalue weighted by atomic mass is 15.3. The molecule has 0 bridgehead atoms. The number of anilines is 2. The van der Waals surface area contributed by atoms with E-state index in [0.29, 0.717) is 5.95 Å². The molecule has 0 saturated heterocycles. The minimum Gasteiger partial charge on any atom is -0.359 e. The molecule has 0 fully saturated rings. The highest BCUT2D eigenvalue weighted by molar-refractivity contribution is 5.43. The number of nitrogens with two attached hydrogens (primary N) is 1. The number of hydrazine groups is 1. The quantitative estimate of drug-likeness (QED) is 0.554. The van der Waals surface area contributed by atoms with Gasteiger partial charge in [-0.3, -0.25) is 5.43 Å². The molecule has 0 unspecified atom stereocenters. The van der Waals surface area contributed by atoms with Gasteiger partial charge in [0.25, 0.3) is 0 Å². The van der Waals surface area contributed by atoms with Crippen molar-refractivity contribution in [2.75, 3.05) is 44.6 Å². The van der Waals surface area contributed by atoms with E-state index in [1.54, 1.807) is 0 Å². The van der Waals surface area contributed by atoms with E-state index in [9.17, 15) is 0 Å². The molecule has 1 rings (SSSR count). The van der Waals surface area contributed by atoms with E-state index >= 15 is 0 Å². The first-order chi connectivity index (χ1) is 8.02. The molecular weight excluding hydrogens is 216 g/mol. The molecule has 0 spiro atoms. The molecule has 1 aromatic rings. The molecule has 0 atom stereocenters. The number of aryl methyl sites for hydroxylation is 1. The Morgan fingerprint density at radius 3 is 2.53 bits per heavy atom. The van der Waals surface area contributed by atoms with E-state index in [4.69, 9.17) is 5.84 Å². The molecule has 0 aliphatic rings. The largest absolute Gasteiger partial charge is 0.359 e. The number of aromatic nitrogens is 2. The Morgan fingerprint density at radius 1 is 1.24 bits per heavy atom. The van der Waals surface area contributed by atoms with Crippen molar-refractivity contribution in [1.29, 1.82) is 0 Å². The van der Waals surface area contributed by atoms with Gasteiger partial charge in [0.05, 0.1) is 0 Å². The second kappa shape index (κ2) is 6.36. The predicted molar refractivity (Wildman–Crippen MR) is 71.0 cm³/mol. The Morgan fingerprint density at radius 2 is 1.94 bits per heavy atom. The fourth-order valence-electron chi connectivity index (χ4n) is 1.55. The van der Waals surface area contributed by atoms with Gasteiger partial charge in [0.2, 0.25) is 5.95 Å². The molecule has 0 amide bonds. The maximum atomic E-state index is 5.33. The summed E-state index contributed by atoms with van der Waals surface area (Å²) in [4.78, 5) is 12.8. The molecule has 1 heterocycles. The van der Waals surface area contributed by atoms with E-state index in [1.165, 1.54) is 0 Å². The van der Waals surface area contributed by atoms with Crippen molar-refractivity contribution < 1.29 is 0 Å². The van der Waals surface area contributed by atoms with Crippen LogP contribution in [0.3, 0.4) is 0 Å². The molecule has 0 aliphatic heterocycles. The van der Waals surface area contributed by atoms with E-state index in [-0.39, 0.29) is 0 Å². The van der Waals surface area contributed by atoms with Gasteiger partial charge in [0.15, 0.2) is 0 Å². The van der Waals surface area contributed by atoms with Crippen molar-refractivity contribution in [2.24, 2.45) is 5.84 Å². The lowest BCUT2D eigenvalue weighted by Gasteiger charge is -2.20. The van der Waals surface area contributed by atoms with Crippen molar-refractivity contribution in [2.45, 2.75) is 13.3 Å². The molecule has 0 aliphatic carbocycles. The van der Waals surface area contributed by atoms with Crippen LogP contribution in [-0.2, 0) is 0 Å². The maximum absolute atomic E-state index is 5.33. The van der Waals surface area contributed by atoms with Gasteiger partial charge >= 0.3 is 0 Å². The van der Waals surface area contributed by atoms with Gasteiger partial charge in [-0.1, -0.05) is 0 Å². The van der Waals surface area contributed by atoms with Gasteiger partial charge in [-0.05, 0) is 34.0 Å². The van der Waals surface area contributed by atoms with Crippen molar-refractivity contribution in [3.05, 3.63) is 11.8 Å². The third-order valence-electron chi connectivity index (χ3n) is 2.46. The number of hydrogen-bond acceptors (Lipinski definition) is 6. The topological polar surface area (TPSA) is 70.3 Å². The third-order valence-corrected chi connectivity index (χ3v) is 2.46. The Bertz CT molecular complexity index is 352. The van der Waals surface area contributed by atoms with Crippen LogP contribution >= 0.6 is 0 Å². The number of hydrogen-bond donors (Lipinski definition) is 2. The number of nitrogens with one attached hydrogen (secondary N) is 1. The smallest absolute Gasteiger partial charge is 0.239 e. The zero-order valence-corrected chi connectivity index (χ0v) is 11.1. The summed E-state index contributed by atoms with van der Waals surface area (Å²) in [5, 5.41) is 0.